The zero-order chi connectivity index (χ0) is 24.2. The van der Waals surface area contributed by atoms with Crippen molar-refractivity contribution in [2.45, 2.75) is 31.6 Å². The van der Waals surface area contributed by atoms with Crippen molar-refractivity contribution >= 4 is 11.8 Å². The lowest BCUT2D eigenvalue weighted by Crippen LogP contribution is -2.36. The monoisotopic (exact) mass is 463 g/mol. The Hall–Kier alpha value is -3.58. The smallest absolute Gasteiger partial charge is 0.336 e. The van der Waals surface area contributed by atoms with Crippen LogP contribution in [0.5, 0.6) is 11.5 Å². The van der Waals surface area contributed by atoms with Gasteiger partial charge in [-0.1, -0.05) is 36.4 Å². The molecule has 2 aromatic carbocycles. The number of rotatable bonds is 7. The third-order valence-corrected chi connectivity index (χ3v) is 6.38. The summed E-state index contributed by atoms with van der Waals surface area (Å²) < 4.78 is 15.8. The number of phenols is 1. The largest absolute Gasteiger partial charge is 0.504 e. The molecule has 0 fully saturated rings. The van der Waals surface area contributed by atoms with E-state index in [2.05, 4.69) is 5.32 Å². The average molecular weight is 464 g/mol. The van der Waals surface area contributed by atoms with Crippen LogP contribution in [0.15, 0.2) is 71.1 Å². The zero-order valence-electron chi connectivity index (χ0n) is 19.6. The molecule has 7 heteroatoms. The van der Waals surface area contributed by atoms with Gasteiger partial charge in [-0.25, -0.2) is 4.79 Å². The summed E-state index contributed by atoms with van der Waals surface area (Å²) in [6.45, 7) is 2.19. The molecule has 0 amide bonds. The summed E-state index contributed by atoms with van der Waals surface area (Å²) in [5, 5.41) is 13.5. The van der Waals surface area contributed by atoms with Crippen LogP contribution in [0.1, 0.15) is 42.7 Å². The average Bonchev–Trinajstić information content (AvgIpc) is 2.84. The van der Waals surface area contributed by atoms with Crippen molar-refractivity contribution in [2.24, 2.45) is 0 Å². The summed E-state index contributed by atoms with van der Waals surface area (Å²) in [7, 11) is 3.00. The van der Waals surface area contributed by atoms with E-state index in [-0.39, 0.29) is 36.4 Å². The number of methoxy groups -OCH3 is 2. The number of ether oxygens (including phenoxy) is 3. The number of dihydropyridines is 1. The Morgan fingerprint density at radius 1 is 1.06 bits per heavy atom. The maximum Gasteiger partial charge on any atom is 0.336 e. The zero-order valence-corrected chi connectivity index (χ0v) is 19.6. The number of carbonyl (C=O) groups excluding carboxylic acids is 2. The Balaban J connectivity index is 1.78. The number of allylic oxidation sites excluding steroid dienone is 3. The standard InChI is InChI=1S/C27H29NO6/c1-16-24(27(31)34-12-11-32-2)25(18-9-10-21(29)23(15-18)33-3)26-20(28-16)13-19(14-22(26)30)17-7-5-4-6-8-17/h4-10,15,19,25,28-29H,11-14H2,1-3H3. The molecule has 2 unspecified atom stereocenters. The van der Waals surface area contributed by atoms with Crippen molar-refractivity contribution < 1.29 is 28.9 Å². The molecule has 2 atom stereocenters. The van der Waals surface area contributed by atoms with Crippen LogP contribution in [0.2, 0.25) is 0 Å². The van der Waals surface area contributed by atoms with Gasteiger partial charge < -0.3 is 24.6 Å². The quantitative estimate of drug-likeness (QED) is 0.474. The number of hydrogen-bond acceptors (Lipinski definition) is 7. The van der Waals surface area contributed by atoms with Crippen molar-refractivity contribution in [2.75, 3.05) is 27.4 Å². The molecule has 0 spiro atoms. The summed E-state index contributed by atoms with van der Waals surface area (Å²) >= 11 is 0. The molecule has 0 saturated carbocycles. The maximum atomic E-state index is 13.6. The van der Waals surface area contributed by atoms with Crippen LogP contribution in [0, 0.1) is 0 Å². The van der Waals surface area contributed by atoms with Crippen molar-refractivity contribution in [3.05, 3.63) is 82.2 Å². The first-order valence-electron chi connectivity index (χ1n) is 11.3. The fourth-order valence-corrected chi connectivity index (χ4v) is 4.77. The Morgan fingerprint density at radius 2 is 1.82 bits per heavy atom. The molecule has 4 rings (SSSR count). The number of phenolic OH excluding ortho intramolecular Hbond substituents is 1. The predicted octanol–water partition coefficient (Wildman–Crippen LogP) is 3.95. The number of carbonyl (C=O) groups is 2. The van der Waals surface area contributed by atoms with Crippen LogP contribution in [0.25, 0.3) is 0 Å². The molecule has 0 saturated heterocycles. The first kappa shape index (κ1) is 23.6. The Bertz CT molecular complexity index is 1150. The van der Waals surface area contributed by atoms with Gasteiger partial charge in [0, 0.05) is 36.4 Å². The number of benzene rings is 2. The van der Waals surface area contributed by atoms with E-state index in [1.807, 2.05) is 37.3 Å². The van der Waals surface area contributed by atoms with Gasteiger partial charge in [0.15, 0.2) is 17.3 Å². The second-order valence-corrected chi connectivity index (χ2v) is 8.49. The molecule has 7 nitrogen and oxygen atoms in total. The summed E-state index contributed by atoms with van der Waals surface area (Å²) in [6.07, 6.45) is 1.00. The molecule has 34 heavy (non-hydrogen) atoms. The van der Waals surface area contributed by atoms with Crippen LogP contribution in [-0.4, -0.2) is 44.3 Å². The summed E-state index contributed by atoms with van der Waals surface area (Å²) in [5.41, 5.74) is 4.16. The van der Waals surface area contributed by atoms with Gasteiger partial charge in [-0.2, -0.15) is 0 Å². The fourth-order valence-electron chi connectivity index (χ4n) is 4.77. The van der Waals surface area contributed by atoms with Crippen LogP contribution in [0.4, 0.5) is 0 Å². The van der Waals surface area contributed by atoms with Gasteiger partial charge in [-0.3, -0.25) is 4.79 Å². The van der Waals surface area contributed by atoms with Gasteiger partial charge in [0.1, 0.15) is 6.61 Å². The van der Waals surface area contributed by atoms with Gasteiger partial charge in [0.05, 0.1) is 19.3 Å². The first-order chi connectivity index (χ1) is 16.4. The number of ketones is 1. The molecule has 2 N–H and O–H groups in total. The third-order valence-electron chi connectivity index (χ3n) is 6.38. The molecule has 1 heterocycles. The summed E-state index contributed by atoms with van der Waals surface area (Å²) in [4.78, 5) is 26.7. The van der Waals surface area contributed by atoms with E-state index in [1.54, 1.807) is 12.1 Å². The van der Waals surface area contributed by atoms with Gasteiger partial charge in [-0.15, -0.1) is 0 Å². The Morgan fingerprint density at radius 3 is 2.53 bits per heavy atom. The van der Waals surface area contributed by atoms with Gasteiger partial charge in [-0.05, 0) is 42.5 Å². The predicted molar refractivity (Wildman–Crippen MR) is 127 cm³/mol. The topological polar surface area (TPSA) is 94.1 Å². The highest BCUT2D eigenvalue weighted by Gasteiger charge is 2.41. The lowest BCUT2D eigenvalue weighted by atomic mass is 9.71. The number of nitrogens with one attached hydrogen (secondary N) is 1. The highest BCUT2D eigenvalue weighted by atomic mass is 16.6. The Labute approximate surface area is 199 Å². The van der Waals surface area contributed by atoms with Crippen molar-refractivity contribution in [3.63, 3.8) is 0 Å². The van der Waals surface area contributed by atoms with E-state index in [1.165, 1.54) is 20.3 Å². The van der Waals surface area contributed by atoms with Crippen molar-refractivity contribution in [3.8, 4) is 11.5 Å². The number of aromatic hydroxyl groups is 1. The molecule has 178 valence electrons. The molecule has 1 aliphatic heterocycles. The lowest BCUT2D eigenvalue weighted by molar-refractivity contribution is -0.140. The molecule has 1 aliphatic carbocycles. The van der Waals surface area contributed by atoms with Crippen LogP contribution in [-0.2, 0) is 19.1 Å². The third kappa shape index (κ3) is 4.56. The van der Waals surface area contributed by atoms with Crippen LogP contribution in [0.3, 0.4) is 0 Å². The fraction of sp³-hybridized carbons (Fsp3) is 0.333. The minimum atomic E-state index is -0.634. The number of esters is 1. The van der Waals surface area contributed by atoms with E-state index in [0.29, 0.717) is 35.2 Å². The van der Waals surface area contributed by atoms with E-state index >= 15 is 0 Å². The van der Waals surface area contributed by atoms with E-state index < -0.39 is 11.9 Å². The van der Waals surface area contributed by atoms with Crippen LogP contribution < -0.4 is 10.1 Å². The lowest BCUT2D eigenvalue weighted by Gasteiger charge is -2.36. The molecular weight excluding hydrogens is 434 g/mol. The maximum absolute atomic E-state index is 13.6. The molecule has 0 bridgehead atoms. The van der Waals surface area contributed by atoms with Gasteiger partial charge >= 0.3 is 5.97 Å². The number of Topliss-reactive ketones (excluding diaryl/α,β-unsaturated/α-hetero) is 1. The van der Waals surface area contributed by atoms with Crippen molar-refractivity contribution in [1.29, 1.82) is 0 Å². The van der Waals surface area contributed by atoms with E-state index in [9.17, 15) is 14.7 Å². The normalized spacial score (nSPS) is 20.0. The summed E-state index contributed by atoms with van der Waals surface area (Å²) in [5.74, 6) is -0.854. The van der Waals surface area contributed by atoms with Gasteiger partial charge in [0.2, 0.25) is 0 Å². The highest BCUT2D eigenvalue weighted by molar-refractivity contribution is 6.04. The molecule has 0 radical (unpaired) electrons. The minimum absolute atomic E-state index is 0.0153. The molecular formula is C27H29NO6. The molecule has 2 aromatic rings. The SMILES string of the molecule is COCCOC(=O)C1=C(C)NC2=C(C(=O)CC(c3ccccc3)C2)C1c1ccc(O)c(OC)c1. The second kappa shape index (κ2) is 10.1. The first-order valence-corrected chi connectivity index (χ1v) is 11.3. The van der Waals surface area contributed by atoms with E-state index in [4.69, 9.17) is 14.2 Å². The second-order valence-electron chi connectivity index (χ2n) is 8.49. The number of hydrogen-bond donors (Lipinski definition) is 2. The Kier molecular flexibility index (Phi) is 7.03. The molecule has 2 aliphatic rings. The van der Waals surface area contributed by atoms with E-state index in [0.717, 1.165) is 11.3 Å². The highest BCUT2D eigenvalue weighted by Crippen LogP contribution is 2.46. The van der Waals surface area contributed by atoms with Crippen LogP contribution >= 0.6 is 0 Å². The van der Waals surface area contributed by atoms with Crippen molar-refractivity contribution in [1.82, 2.24) is 5.32 Å². The van der Waals surface area contributed by atoms with Gasteiger partial charge in [0.25, 0.3) is 0 Å². The summed E-state index contributed by atoms with van der Waals surface area (Å²) in [6, 6.07) is 14.9. The minimum Gasteiger partial charge on any atom is -0.504 e. The molecule has 0 aromatic heterocycles.